The number of fused-ring (bicyclic) bond motifs is 1. The zero-order valence-electron chi connectivity index (χ0n) is 13.7. The summed E-state index contributed by atoms with van der Waals surface area (Å²) in [4.78, 5) is 30.2. The third kappa shape index (κ3) is 3.48. The number of nitrogens with one attached hydrogen (secondary N) is 1. The van der Waals surface area contributed by atoms with Gasteiger partial charge < -0.3 is 15.0 Å². The van der Waals surface area contributed by atoms with E-state index in [1.165, 1.54) is 0 Å². The first-order valence-corrected chi connectivity index (χ1v) is 8.25. The molecule has 0 unspecified atom stereocenters. The number of likely N-dealkylation sites (tertiary alicyclic amines) is 1. The van der Waals surface area contributed by atoms with Crippen LogP contribution < -0.4 is 5.32 Å². The van der Waals surface area contributed by atoms with Crippen molar-refractivity contribution in [2.75, 3.05) is 19.7 Å². The van der Waals surface area contributed by atoms with Crippen LogP contribution in [0, 0.1) is 0 Å². The molecule has 126 valence electrons. The number of carbonyl (C=O) groups excluding carboxylic acids is 2. The molecule has 2 amide bonds. The first-order valence-electron chi connectivity index (χ1n) is 8.25. The summed E-state index contributed by atoms with van der Waals surface area (Å²) in [5.74, 6) is -0.165. The summed E-state index contributed by atoms with van der Waals surface area (Å²) in [5, 5.41) is 4.88. The van der Waals surface area contributed by atoms with E-state index in [0.717, 1.165) is 23.6 Å². The second-order valence-corrected chi connectivity index (χ2v) is 5.81. The van der Waals surface area contributed by atoms with Gasteiger partial charge >= 0.3 is 6.09 Å². The Labute approximate surface area is 140 Å². The smallest absolute Gasteiger partial charge is 0.409 e. The average Bonchev–Trinajstić information content (AvgIpc) is 2.62. The first-order chi connectivity index (χ1) is 11.7. The number of amides is 2. The molecule has 0 atom stereocenters. The van der Waals surface area contributed by atoms with Crippen LogP contribution >= 0.6 is 0 Å². The zero-order valence-corrected chi connectivity index (χ0v) is 13.7. The third-order valence-electron chi connectivity index (χ3n) is 4.24. The number of piperidine rings is 1. The Morgan fingerprint density at radius 2 is 2.00 bits per heavy atom. The van der Waals surface area contributed by atoms with E-state index in [0.29, 0.717) is 25.4 Å². The number of carbonyl (C=O) groups is 2. The minimum atomic E-state index is -0.280. The molecule has 2 heterocycles. The summed E-state index contributed by atoms with van der Waals surface area (Å²) in [7, 11) is 0. The molecule has 0 spiro atoms. The highest BCUT2D eigenvalue weighted by Gasteiger charge is 2.25. The summed E-state index contributed by atoms with van der Waals surface area (Å²) >= 11 is 0. The number of hydrogen-bond donors (Lipinski definition) is 1. The quantitative estimate of drug-likeness (QED) is 0.940. The molecule has 0 bridgehead atoms. The van der Waals surface area contributed by atoms with Gasteiger partial charge in [0.15, 0.2) is 0 Å². The molecule has 1 N–H and O–H groups in total. The topological polar surface area (TPSA) is 71.5 Å². The van der Waals surface area contributed by atoms with Gasteiger partial charge in [0.05, 0.1) is 6.61 Å². The molecule has 1 aliphatic heterocycles. The molecule has 1 aromatic heterocycles. The lowest BCUT2D eigenvalue weighted by molar-refractivity contribution is 0.0858. The van der Waals surface area contributed by atoms with Crippen LogP contribution in [0.5, 0.6) is 0 Å². The minimum Gasteiger partial charge on any atom is -0.450 e. The third-order valence-corrected chi connectivity index (χ3v) is 4.24. The number of pyridine rings is 1. The molecule has 6 heteroatoms. The van der Waals surface area contributed by atoms with E-state index in [1.54, 1.807) is 18.0 Å². The van der Waals surface area contributed by atoms with Crippen molar-refractivity contribution in [3.63, 3.8) is 0 Å². The molecule has 24 heavy (non-hydrogen) atoms. The van der Waals surface area contributed by atoms with Gasteiger partial charge in [0.2, 0.25) is 0 Å². The second-order valence-electron chi connectivity index (χ2n) is 5.81. The fraction of sp³-hybridized carbons (Fsp3) is 0.389. The molecule has 1 fully saturated rings. The highest BCUT2D eigenvalue weighted by molar-refractivity contribution is 6.05. The molecule has 1 aromatic carbocycles. The highest BCUT2D eigenvalue weighted by Crippen LogP contribution is 2.17. The molecule has 2 aromatic rings. The summed E-state index contributed by atoms with van der Waals surface area (Å²) < 4.78 is 5.00. The Balaban J connectivity index is 1.63. The van der Waals surface area contributed by atoms with Gasteiger partial charge in [-0.15, -0.1) is 0 Å². The average molecular weight is 327 g/mol. The van der Waals surface area contributed by atoms with E-state index in [9.17, 15) is 9.59 Å². The van der Waals surface area contributed by atoms with Crippen LogP contribution in [0.25, 0.3) is 10.8 Å². The zero-order chi connectivity index (χ0) is 16.9. The number of ether oxygens (including phenoxy) is 1. The number of aromatic nitrogens is 1. The number of nitrogens with zero attached hydrogens (tertiary/aromatic N) is 2. The Morgan fingerprint density at radius 3 is 2.75 bits per heavy atom. The molecule has 0 radical (unpaired) electrons. The Kier molecular flexibility index (Phi) is 4.93. The minimum absolute atomic E-state index is 0.0453. The Morgan fingerprint density at radius 1 is 1.25 bits per heavy atom. The Hall–Kier alpha value is -2.63. The van der Waals surface area contributed by atoms with E-state index < -0.39 is 0 Å². The maximum Gasteiger partial charge on any atom is 0.409 e. The van der Waals surface area contributed by atoms with Gasteiger partial charge in [-0.2, -0.15) is 0 Å². The monoisotopic (exact) mass is 327 g/mol. The van der Waals surface area contributed by atoms with Gasteiger partial charge in [0, 0.05) is 30.7 Å². The van der Waals surface area contributed by atoms with Crippen molar-refractivity contribution in [3.05, 3.63) is 42.2 Å². The van der Waals surface area contributed by atoms with Crippen LogP contribution in [-0.4, -0.2) is 47.6 Å². The molecular weight excluding hydrogens is 306 g/mol. The maximum absolute atomic E-state index is 12.6. The van der Waals surface area contributed by atoms with Gasteiger partial charge in [-0.25, -0.2) is 4.79 Å². The van der Waals surface area contributed by atoms with Gasteiger partial charge in [0.1, 0.15) is 5.69 Å². The van der Waals surface area contributed by atoms with Gasteiger partial charge in [0.25, 0.3) is 5.91 Å². The summed E-state index contributed by atoms with van der Waals surface area (Å²) in [6.45, 7) is 3.35. The number of hydrogen-bond acceptors (Lipinski definition) is 4. The number of rotatable bonds is 3. The van der Waals surface area contributed by atoms with Crippen molar-refractivity contribution in [2.45, 2.75) is 25.8 Å². The van der Waals surface area contributed by atoms with E-state index >= 15 is 0 Å². The van der Waals surface area contributed by atoms with Crippen LogP contribution in [0.4, 0.5) is 4.79 Å². The fourth-order valence-electron chi connectivity index (χ4n) is 2.98. The molecule has 0 aliphatic carbocycles. The van der Waals surface area contributed by atoms with Crippen LogP contribution in [0.2, 0.25) is 0 Å². The maximum atomic E-state index is 12.6. The predicted octanol–water partition coefficient (Wildman–Crippen LogP) is 2.59. The predicted molar refractivity (Wildman–Crippen MR) is 90.8 cm³/mol. The SMILES string of the molecule is CCOC(=O)N1CCC(NC(=O)c2nccc3ccccc23)CC1. The Bertz CT molecular complexity index is 734. The molecule has 1 saturated heterocycles. The van der Waals surface area contributed by atoms with Crippen LogP contribution in [0.15, 0.2) is 36.5 Å². The number of benzene rings is 1. The van der Waals surface area contributed by atoms with Crippen molar-refractivity contribution in [1.29, 1.82) is 0 Å². The van der Waals surface area contributed by atoms with E-state index in [-0.39, 0.29) is 18.0 Å². The molecule has 6 nitrogen and oxygen atoms in total. The lowest BCUT2D eigenvalue weighted by atomic mass is 10.0. The summed E-state index contributed by atoms with van der Waals surface area (Å²) in [6, 6.07) is 9.65. The van der Waals surface area contributed by atoms with Crippen molar-refractivity contribution in [3.8, 4) is 0 Å². The first kappa shape index (κ1) is 16.2. The van der Waals surface area contributed by atoms with E-state index in [1.807, 2.05) is 30.3 Å². The summed E-state index contributed by atoms with van der Waals surface area (Å²) in [6.07, 6.45) is 2.81. The molecule has 0 saturated carbocycles. The van der Waals surface area contributed by atoms with E-state index in [2.05, 4.69) is 10.3 Å². The molecule has 3 rings (SSSR count). The van der Waals surface area contributed by atoms with Crippen molar-refractivity contribution in [1.82, 2.24) is 15.2 Å². The molecule has 1 aliphatic rings. The lowest BCUT2D eigenvalue weighted by Gasteiger charge is -2.31. The van der Waals surface area contributed by atoms with Crippen LogP contribution in [-0.2, 0) is 4.74 Å². The van der Waals surface area contributed by atoms with Crippen molar-refractivity contribution >= 4 is 22.8 Å². The van der Waals surface area contributed by atoms with Crippen LogP contribution in [0.1, 0.15) is 30.3 Å². The van der Waals surface area contributed by atoms with Gasteiger partial charge in [-0.05, 0) is 31.2 Å². The normalized spacial score (nSPS) is 15.3. The van der Waals surface area contributed by atoms with Crippen molar-refractivity contribution in [2.24, 2.45) is 0 Å². The molecular formula is C18H21N3O3. The van der Waals surface area contributed by atoms with Crippen molar-refractivity contribution < 1.29 is 14.3 Å². The second kappa shape index (κ2) is 7.29. The van der Waals surface area contributed by atoms with Crippen LogP contribution in [0.3, 0.4) is 0 Å². The summed E-state index contributed by atoms with van der Waals surface area (Å²) in [5.41, 5.74) is 0.445. The highest BCUT2D eigenvalue weighted by atomic mass is 16.6. The standard InChI is InChI=1S/C18H21N3O3/c1-2-24-18(23)21-11-8-14(9-12-21)20-17(22)16-15-6-4-3-5-13(15)7-10-19-16/h3-7,10,14H,2,8-9,11-12H2,1H3,(H,20,22). The van der Waals surface area contributed by atoms with E-state index in [4.69, 9.17) is 4.74 Å². The van der Waals surface area contributed by atoms with Gasteiger partial charge in [-0.1, -0.05) is 24.3 Å². The van der Waals surface area contributed by atoms with Gasteiger partial charge in [-0.3, -0.25) is 9.78 Å². The largest absolute Gasteiger partial charge is 0.450 e. The fourth-order valence-corrected chi connectivity index (χ4v) is 2.98. The lowest BCUT2D eigenvalue weighted by Crippen LogP contribution is -2.46.